The van der Waals surface area contributed by atoms with Gasteiger partial charge < -0.3 is 4.90 Å². The van der Waals surface area contributed by atoms with E-state index >= 15 is 0 Å². The van der Waals surface area contributed by atoms with E-state index in [4.69, 9.17) is 12.2 Å². The second kappa shape index (κ2) is 26.8. The van der Waals surface area contributed by atoms with Gasteiger partial charge >= 0.3 is 0 Å². The Balaban J connectivity index is 0. The van der Waals surface area contributed by atoms with Gasteiger partial charge in [-0.15, -0.1) is 12.6 Å². The van der Waals surface area contributed by atoms with Gasteiger partial charge in [-0.3, -0.25) is 0 Å². The molecule has 1 nitrogen and oxygen atoms in total. The van der Waals surface area contributed by atoms with Crippen molar-refractivity contribution in [2.24, 2.45) is 0 Å². The van der Waals surface area contributed by atoms with Gasteiger partial charge in [0.1, 0.15) is 4.32 Å². The van der Waals surface area contributed by atoms with Crippen molar-refractivity contribution >= 4 is 29.2 Å². The minimum absolute atomic E-state index is 0. The van der Waals surface area contributed by atoms with Crippen molar-refractivity contribution in [1.82, 2.24) is 4.90 Å². The van der Waals surface area contributed by atoms with Gasteiger partial charge in [0.2, 0.25) is 0 Å². The number of hydrogen-bond acceptors (Lipinski definition) is 1. The van der Waals surface area contributed by atoms with Crippen molar-refractivity contribution in [2.75, 3.05) is 13.1 Å². The summed E-state index contributed by atoms with van der Waals surface area (Å²) in [4.78, 5) is 2.33. The minimum atomic E-state index is 0. The van der Waals surface area contributed by atoms with Crippen molar-refractivity contribution in [1.29, 1.82) is 0 Å². The Morgan fingerprint density at radius 2 is 0.759 bits per heavy atom. The van der Waals surface area contributed by atoms with Gasteiger partial charge in [-0.25, -0.2) is 0 Å². The molecule has 0 aromatic carbocycles. The second-order valence-corrected chi connectivity index (χ2v) is 9.75. The Morgan fingerprint density at radius 1 is 0.517 bits per heavy atom. The molecule has 0 atom stereocenters. The summed E-state index contributed by atoms with van der Waals surface area (Å²) in [5.41, 5.74) is 0. The number of thiol groups is 1. The van der Waals surface area contributed by atoms with Gasteiger partial charge in [-0.1, -0.05) is 142 Å². The van der Waals surface area contributed by atoms with Gasteiger partial charge in [0.25, 0.3) is 0 Å². The third-order valence-corrected chi connectivity index (χ3v) is 6.37. The fraction of sp³-hybridized carbons (Fsp3) is 0.960. The molecule has 0 rings (SSSR count). The summed E-state index contributed by atoms with van der Waals surface area (Å²) in [6, 6.07) is 0. The van der Waals surface area contributed by atoms with Crippen LogP contribution >= 0.6 is 24.8 Å². The summed E-state index contributed by atoms with van der Waals surface area (Å²) in [6.45, 7) is 6.79. The largest absolute Gasteiger partial charge is 0.358 e. The standard InChI is InChI=1S/C25H51NS2.Fe/c1-3-5-7-9-11-13-15-17-19-21-23-26(25(27)28)24-22-20-18-16-14-12-10-8-6-4-2;/h3-24H2,1-2H3,(H,27,28);. The van der Waals surface area contributed by atoms with Crippen LogP contribution in [-0.4, -0.2) is 22.3 Å². The predicted molar refractivity (Wildman–Crippen MR) is 137 cm³/mol. The zero-order valence-corrected chi connectivity index (χ0v) is 22.5. The van der Waals surface area contributed by atoms with Gasteiger partial charge in [-0.2, -0.15) is 0 Å². The van der Waals surface area contributed by atoms with Crippen LogP contribution in [-0.2, 0) is 17.1 Å². The maximum Gasteiger partial charge on any atom is 0.133 e. The Kier molecular flexibility index (Phi) is 29.5. The summed E-state index contributed by atoms with van der Waals surface area (Å²) >= 11 is 9.80. The van der Waals surface area contributed by atoms with Crippen molar-refractivity contribution in [3.8, 4) is 0 Å². The monoisotopic (exact) mass is 485 g/mol. The van der Waals surface area contributed by atoms with Crippen LogP contribution < -0.4 is 0 Å². The Hall–Kier alpha value is 0.759. The van der Waals surface area contributed by atoms with E-state index in [1.165, 1.54) is 128 Å². The molecule has 0 aliphatic carbocycles. The molecule has 0 bridgehead atoms. The van der Waals surface area contributed by atoms with Crippen LogP contribution in [0, 0.1) is 0 Å². The smallest absolute Gasteiger partial charge is 0.133 e. The Labute approximate surface area is 205 Å². The van der Waals surface area contributed by atoms with Crippen LogP contribution in [0.1, 0.15) is 142 Å². The first-order valence-electron chi connectivity index (χ1n) is 12.7. The van der Waals surface area contributed by atoms with E-state index in [0.717, 1.165) is 17.4 Å². The van der Waals surface area contributed by atoms with Gasteiger partial charge in [0.15, 0.2) is 0 Å². The topological polar surface area (TPSA) is 3.24 Å². The Morgan fingerprint density at radius 3 is 1.00 bits per heavy atom. The molecule has 0 saturated heterocycles. The first-order valence-corrected chi connectivity index (χ1v) is 13.6. The minimum Gasteiger partial charge on any atom is -0.358 e. The molecule has 0 aromatic heterocycles. The van der Waals surface area contributed by atoms with E-state index in [9.17, 15) is 0 Å². The van der Waals surface area contributed by atoms with Crippen molar-refractivity contribution < 1.29 is 17.1 Å². The van der Waals surface area contributed by atoms with Crippen molar-refractivity contribution in [3.05, 3.63) is 0 Å². The van der Waals surface area contributed by atoms with E-state index < -0.39 is 0 Å². The zero-order valence-electron chi connectivity index (χ0n) is 19.7. The van der Waals surface area contributed by atoms with Crippen molar-refractivity contribution in [2.45, 2.75) is 142 Å². The molecule has 0 fully saturated rings. The predicted octanol–water partition coefficient (Wildman–Crippen LogP) is 9.34. The van der Waals surface area contributed by atoms with Crippen LogP contribution in [0.25, 0.3) is 0 Å². The summed E-state index contributed by atoms with van der Waals surface area (Å²) in [5.74, 6) is 0. The first kappa shape index (κ1) is 31.9. The molecule has 0 spiro atoms. The maximum atomic E-state index is 5.35. The van der Waals surface area contributed by atoms with Gasteiger partial charge in [0.05, 0.1) is 0 Å². The average molecular weight is 486 g/mol. The van der Waals surface area contributed by atoms with Gasteiger partial charge in [-0.05, 0) is 12.8 Å². The second-order valence-electron chi connectivity index (χ2n) is 8.63. The van der Waals surface area contributed by atoms with Crippen LogP contribution in [0.5, 0.6) is 0 Å². The SMILES string of the molecule is CCCCCCCCCCCCN(CCCCCCCCCCCC)C(=S)S.[Fe]. The van der Waals surface area contributed by atoms with E-state index in [0.29, 0.717) is 0 Å². The molecule has 0 aliphatic heterocycles. The molecular weight excluding hydrogens is 434 g/mol. The van der Waals surface area contributed by atoms with E-state index in [1.807, 2.05) is 0 Å². The molecule has 0 saturated carbocycles. The summed E-state index contributed by atoms with van der Waals surface area (Å²) < 4.78 is 0.798. The first-order chi connectivity index (χ1) is 13.7. The normalized spacial score (nSPS) is 10.7. The van der Waals surface area contributed by atoms with Gasteiger partial charge in [0, 0.05) is 30.2 Å². The number of nitrogens with zero attached hydrogens (tertiary/aromatic N) is 1. The number of thiocarbonyl (C=S) groups is 1. The maximum absolute atomic E-state index is 5.35. The molecular formula is C25H51FeNS2. The van der Waals surface area contributed by atoms with E-state index in [2.05, 4.69) is 31.4 Å². The number of hydrogen-bond donors (Lipinski definition) is 1. The average Bonchev–Trinajstić information content (AvgIpc) is 2.68. The van der Waals surface area contributed by atoms with Crippen molar-refractivity contribution in [3.63, 3.8) is 0 Å². The third-order valence-electron chi connectivity index (χ3n) is 5.83. The molecule has 0 N–H and O–H groups in total. The summed E-state index contributed by atoms with van der Waals surface area (Å²) in [6.07, 6.45) is 27.8. The van der Waals surface area contributed by atoms with E-state index in [1.54, 1.807) is 0 Å². The molecule has 0 heterocycles. The van der Waals surface area contributed by atoms with Crippen LogP contribution in [0.2, 0.25) is 0 Å². The summed E-state index contributed by atoms with van der Waals surface area (Å²) in [5, 5.41) is 0. The number of unbranched alkanes of at least 4 members (excludes halogenated alkanes) is 18. The molecule has 0 amide bonds. The molecule has 4 heteroatoms. The summed E-state index contributed by atoms with van der Waals surface area (Å²) in [7, 11) is 0. The molecule has 176 valence electrons. The zero-order chi connectivity index (χ0) is 20.7. The van der Waals surface area contributed by atoms with Crippen LogP contribution in [0.3, 0.4) is 0 Å². The fourth-order valence-electron chi connectivity index (χ4n) is 3.88. The molecule has 0 aliphatic rings. The van der Waals surface area contributed by atoms with E-state index in [-0.39, 0.29) is 17.1 Å². The Bertz CT molecular complexity index is 302. The van der Waals surface area contributed by atoms with Crippen LogP contribution in [0.15, 0.2) is 0 Å². The number of rotatable bonds is 22. The molecule has 0 aromatic rings. The quantitative estimate of drug-likeness (QED) is 0.0704. The van der Waals surface area contributed by atoms with Crippen LogP contribution in [0.4, 0.5) is 0 Å². The molecule has 0 unspecified atom stereocenters. The molecule has 0 radical (unpaired) electrons. The fourth-order valence-corrected chi connectivity index (χ4v) is 4.27. The molecule has 29 heavy (non-hydrogen) atoms. The third kappa shape index (κ3) is 24.9.